The van der Waals surface area contributed by atoms with Gasteiger partial charge in [0.2, 0.25) is 5.82 Å². The van der Waals surface area contributed by atoms with Crippen molar-refractivity contribution >= 4 is 0 Å². The van der Waals surface area contributed by atoms with Crippen LogP contribution in [-0.2, 0) is 12.8 Å². The van der Waals surface area contributed by atoms with Crippen LogP contribution in [0.25, 0.3) is 11.1 Å². The first-order valence-corrected chi connectivity index (χ1v) is 9.67. The van der Waals surface area contributed by atoms with Crippen LogP contribution in [0, 0.1) is 30.2 Å². The molecule has 3 aromatic rings. The van der Waals surface area contributed by atoms with E-state index in [-0.39, 0.29) is 23.5 Å². The molecule has 0 aliphatic heterocycles. The van der Waals surface area contributed by atoms with Crippen molar-refractivity contribution in [2.45, 2.75) is 26.2 Å². The zero-order valence-corrected chi connectivity index (χ0v) is 16.7. The fraction of sp³-hybridized carbons (Fsp3) is 0.200. The van der Waals surface area contributed by atoms with E-state index in [1.807, 2.05) is 0 Å². The standard InChI is InChI=1S/C25H22F4O/c1-3-4-15-30-21-14-13-20(24(28)25(21)29)18-10-6-17(7-11-18)8-12-19-9-5-16(2)22(26)23(19)27/h3,5-7,9-11,13-14H,1,4,8,12,15H2,2H3. The molecule has 0 heterocycles. The molecule has 30 heavy (non-hydrogen) atoms. The molecule has 0 saturated heterocycles. The normalized spacial score (nSPS) is 10.8. The third-order valence-electron chi connectivity index (χ3n) is 4.93. The minimum Gasteiger partial charge on any atom is -0.490 e. The highest BCUT2D eigenvalue weighted by molar-refractivity contribution is 5.65. The maximum Gasteiger partial charge on any atom is 0.201 e. The van der Waals surface area contributed by atoms with Gasteiger partial charge in [-0.1, -0.05) is 42.5 Å². The van der Waals surface area contributed by atoms with E-state index in [9.17, 15) is 17.6 Å². The van der Waals surface area contributed by atoms with E-state index < -0.39 is 23.3 Å². The van der Waals surface area contributed by atoms with Gasteiger partial charge in [0, 0.05) is 5.56 Å². The van der Waals surface area contributed by atoms with E-state index in [0.717, 1.165) is 5.56 Å². The number of rotatable bonds is 8. The summed E-state index contributed by atoms with van der Waals surface area (Å²) in [6.07, 6.45) is 2.99. The summed E-state index contributed by atoms with van der Waals surface area (Å²) in [6.45, 7) is 5.29. The van der Waals surface area contributed by atoms with E-state index in [1.165, 1.54) is 19.1 Å². The largest absolute Gasteiger partial charge is 0.490 e. The van der Waals surface area contributed by atoms with Crippen LogP contribution in [0.2, 0.25) is 0 Å². The topological polar surface area (TPSA) is 9.23 Å². The molecule has 3 rings (SSSR count). The van der Waals surface area contributed by atoms with E-state index in [4.69, 9.17) is 4.74 Å². The molecule has 0 fully saturated rings. The lowest BCUT2D eigenvalue weighted by Gasteiger charge is -2.11. The minimum absolute atomic E-state index is 0.127. The molecule has 156 valence electrons. The average molecular weight is 414 g/mol. The molecule has 0 amide bonds. The SMILES string of the molecule is C=CCCOc1ccc(-c2ccc(CCc3ccc(C)c(F)c3F)cc2)c(F)c1F. The Morgan fingerprint density at radius 1 is 0.800 bits per heavy atom. The van der Waals surface area contributed by atoms with Crippen molar-refractivity contribution in [2.75, 3.05) is 6.61 Å². The zero-order valence-electron chi connectivity index (χ0n) is 16.7. The third-order valence-corrected chi connectivity index (χ3v) is 4.93. The van der Waals surface area contributed by atoms with Crippen molar-refractivity contribution in [1.82, 2.24) is 0 Å². The molecule has 0 aliphatic carbocycles. The molecular weight excluding hydrogens is 392 g/mol. The van der Waals surface area contributed by atoms with Gasteiger partial charge < -0.3 is 4.74 Å². The number of hydrogen-bond donors (Lipinski definition) is 0. The van der Waals surface area contributed by atoms with Gasteiger partial charge in [0.1, 0.15) is 0 Å². The number of ether oxygens (including phenoxy) is 1. The quantitative estimate of drug-likeness (QED) is 0.220. The second-order valence-electron chi connectivity index (χ2n) is 7.03. The van der Waals surface area contributed by atoms with Gasteiger partial charge in [-0.15, -0.1) is 6.58 Å². The summed E-state index contributed by atoms with van der Waals surface area (Å²) in [5.74, 6) is -3.78. The molecule has 1 nitrogen and oxygen atoms in total. The molecule has 5 heteroatoms. The Bertz CT molecular complexity index is 1040. The lowest BCUT2D eigenvalue weighted by atomic mass is 9.99. The van der Waals surface area contributed by atoms with Crippen LogP contribution in [0.1, 0.15) is 23.1 Å². The Morgan fingerprint density at radius 3 is 2.23 bits per heavy atom. The molecule has 0 saturated carbocycles. The molecule has 0 N–H and O–H groups in total. The molecule has 0 bridgehead atoms. The van der Waals surface area contributed by atoms with Crippen molar-refractivity contribution < 1.29 is 22.3 Å². The van der Waals surface area contributed by atoms with Crippen LogP contribution >= 0.6 is 0 Å². The molecule has 0 radical (unpaired) electrons. The summed E-state index contributed by atoms with van der Waals surface area (Å²) in [4.78, 5) is 0. The van der Waals surface area contributed by atoms with Crippen LogP contribution in [0.3, 0.4) is 0 Å². The van der Waals surface area contributed by atoms with Crippen LogP contribution in [0.15, 0.2) is 61.2 Å². The fourth-order valence-corrected chi connectivity index (χ4v) is 3.13. The predicted molar refractivity (Wildman–Crippen MR) is 111 cm³/mol. The monoisotopic (exact) mass is 414 g/mol. The second-order valence-corrected chi connectivity index (χ2v) is 7.03. The van der Waals surface area contributed by atoms with Gasteiger partial charge in [0.05, 0.1) is 6.61 Å². The van der Waals surface area contributed by atoms with E-state index in [2.05, 4.69) is 6.58 Å². The zero-order chi connectivity index (χ0) is 21.7. The summed E-state index contributed by atoms with van der Waals surface area (Å²) in [6, 6.07) is 12.9. The van der Waals surface area contributed by atoms with Gasteiger partial charge in [-0.05, 0) is 60.6 Å². The Kier molecular flexibility index (Phi) is 6.93. The lowest BCUT2D eigenvalue weighted by molar-refractivity contribution is 0.302. The number of benzene rings is 3. The Labute approximate surface area is 173 Å². The summed E-state index contributed by atoms with van der Waals surface area (Å²) in [7, 11) is 0. The van der Waals surface area contributed by atoms with Crippen LogP contribution in [-0.4, -0.2) is 6.61 Å². The number of aryl methyl sites for hydroxylation is 3. The molecule has 0 aromatic heterocycles. The van der Waals surface area contributed by atoms with Crippen LogP contribution < -0.4 is 4.74 Å². The minimum atomic E-state index is -1.03. The smallest absolute Gasteiger partial charge is 0.201 e. The molecule has 0 unspecified atom stereocenters. The highest BCUT2D eigenvalue weighted by atomic mass is 19.2. The molecule has 3 aromatic carbocycles. The van der Waals surface area contributed by atoms with E-state index in [1.54, 1.807) is 42.5 Å². The summed E-state index contributed by atoms with van der Waals surface area (Å²) in [5.41, 5.74) is 2.10. The summed E-state index contributed by atoms with van der Waals surface area (Å²) in [5, 5.41) is 0. The first kappa shape index (κ1) is 21.6. The van der Waals surface area contributed by atoms with Gasteiger partial charge in [-0.2, -0.15) is 4.39 Å². The van der Waals surface area contributed by atoms with Gasteiger partial charge in [-0.3, -0.25) is 0 Å². The first-order valence-electron chi connectivity index (χ1n) is 9.67. The fourth-order valence-electron chi connectivity index (χ4n) is 3.13. The van der Waals surface area contributed by atoms with Crippen molar-refractivity contribution in [3.05, 3.63) is 101 Å². The van der Waals surface area contributed by atoms with Gasteiger partial charge >= 0.3 is 0 Å². The van der Waals surface area contributed by atoms with Crippen molar-refractivity contribution in [3.63, 3.8) is 0 Å². The van der Waals surface area contributed by atoms with Crippen molar-refractivity contribution in [2.24, 2.45) is 0 Å². The van der Waals surface area contributed by atoms with Crippen LogP contribution in [0.5, 0.6) is 5.75 Å². The van der Waals surface area contributed by atoms with Crippen LogP contribution in [0.4, 0.5) is 17.6 Å². The summed E-state index contributed by atoms with van der Waals surface area (Å²) < 4.78 is 61.7. The predicted octanol–water partition coefficient (Wildman–Crippen LogP) is 6.96. The van der Waals surface area contributed by atoms with Gasteiger partial charge in [-0.25, -0.2) is 13.2 Å². The highest BCUT2D eigenvalue weighted by Gasteiger charge is 2.16. The maximum atomic E-state index is 14.5. The van der Waals surface area contributed by atoms with E-state index >= 15 is 0 Å². The first-order chi connectivity index (χ1) is 14.4. The Balaban J connectivity index is 1.72. The van der Waals surface area contributed by atoms with E-state index in [0.29, 0.717) is 30.4 Å². The molecule has 0 atom stereocenters. The van der Waals surface area contributed by atoms with Gasteiger partial charge in [0.15, 0.2) is 23.2 Å². The lowest BCUT2D eigenvalue weighted by Crippen LogP contribution is -2.01. The number of halogens is 4. The maximum absolute atomic E-state index is 14.5. The average Bonchev–Trinajstić information content (AvgIpc) is 2.75. The molecular formula is C25H22F4O. The molecule has 0 aliphatic rings. The van der Waals surface area contributed by atoms with Crippen molar-refractivity contribution in [1.29, 1.82) is 0 Å². The molecule has 0 spiro atoms. The summed E-state index contributed by atoms with van der Waals surface area (Å²) >= 11 is 0. The second kappa shape index (κ2) is 9.61. The van der Waals surface area contributed by atoms with Gasteiger partial charge in [0.25, 0.3) is 0 Å². The highest BCUT2D eigenvalue weighted by Crippen LogP contribution is 2.30. The Morgan fingerprint density at radius 2 is 1.53 bits per heavy atom. The van der Waals surface area contributed by atoms with Crippen molar-refractivity contribution in [3.8, 4) is 16.9 Å². The third kappa shape index (κ3) is 4.73. The number of hydrogen-bond acceptors (Lipinski definition) is 1. The Hall–Kier alpha value is -3.08.